The van der Waals surface area contributed by atoms with Gasteiger partial charge in [-0.2, -0.15) is 0 Å². The van der Waals surface area contributed by atoms with Gasteiger partial charge in [0.2, 0.25) is 0 Å². The molecule has 2 aromatic heterocycles. The second kappa shape index (κ2) is 12.6. The number of hydrogen-bond acceptors (Lipinski definition) is 1. The van der Waals surface area contributed by atoms with Crippen LogP contribution in [0, 0.1) is 0 Å². The normalized spacial score (nSPS) is 15.9. The fourth-order valence-electron chi connectivity index (χ4n) is 9.69. The Bertz CT molecular complexity index is 3080. The van der Waals surface area contributed by atoms with Crippen molar-refractivity contribution in [3.8, 4) is 33.6 Å². The summed E-state index contributed by atoms with van der Waals surface area (Å²) in [4.78, 5) is 2.56. The second-order valence-electron chi connectivity index (χ2n) is 15.3. The Balaban J connectivity index is 1.09. The summed E-state index contributed by atoms with van der Waals surface area (Å²) in [5.74, 6) is 0.305. The molecule has 8 aromatic carbocycles. The lowest BCUT2D eigenvalue weighted by atomic mass is 9.91. The van der Waals surface area contributed by atoms with Crippen molar-refractivity contribution >= 4 is 55.0 Å². The van der Waals surface area contributed by atoms with Crippen LogP contribution in [0.15, 0.2) is 212 Å². The number of fused-ring (bicyclic) bond motifs is 9. The Morgan fingerprint density at radius 2 is 0.825 bits per heavy atom. The molecule has 0 radical (unpaired) electrons. The van der Waals surface area contributed by atoms with Crippen LogP contribution in [0.5, 0.6) is 0 Å². The van der Waals surface area contributed by atoms with E-state index in [2.05, 4.69) is 226 Å². The molecule has 0 saturated heterocycles. The third kappa shape index (κ3) is 4.92. The molecule has 3 heterocycles. The third-order valence-corrected chi connectivity index (χ3v) is 12.2. The molecule has 0 amide bonds. The SMILES string of the molecule is C1=CC2c3ccccc3N(c3cc(-c4ccc5c(c4)c4ccccc4n5-c4ccccc4)cc(-c4ccc5c(c4)c4ccccc4n5-c4ccccc4)c3)C2C=C1. The van der Waals surface area contributed by atoms with Gasteiger partial charge in [-0.05, 0) is 113 Å². The number of hydrogen-bond donors (Lipinski definition) is 0. The van der Waals surface area contributed by atoms with Crippen LogP contribution in [0.2, 0.25) is 0 Å². The first kappa shape index (κ1) is 31.9. The molecule has 10 aromatic rings. The Labute approximate surface area is 331 Å². The molecule has 2 unspecified atom stereocenters. The van der Waals surface area contributed by atoms with Crippen LogP contribution in [-0.2, 0) is 0 Å². The molecule has 3 nitrogen and oxygen atoms in total. The summed E-state index contributed by atoms with van der Waals surface area (Å²) in [5, 5.41) is 5.01. The number of allylic oxidation sites excluding steroid dienone is 2. The zero-order valence-electron chi connectivity index (χ0n) is 31.2. The highest BCUT2D eigenvalue weighted by Crippen LogP contribution is 2.49. The number of para-hydroxylation sites is 5. The van der Waals surface area contributed by atoms with E-state index in [0.717, 1.165) is 0 Å². The van der Waals surface area contributed by atoms with Crippen molar-refractivity contribution < 1.29 is 0 Å². The highest BCUT2D eigenvalue weighted by molar-refractivity contribution is 6.12. The van der Waals surface area contributed by atoms with E-state index < -0.39 is 0 Å². The van der Waals surface area contributed by atoms with Crippen LogP contribution in [0.25, 0.3) is 77.2 Å². The van der Waals surface area contributed by atoms with E-state index >= 15 is 0 Å². The van der Waals surface area contributed by atoms with Crippen molar-refractivity contribution in [1.29, 1.82) is 0 Å². The molecule has 0 spiro atoms. The van der Waals surface area contributed by atoms with E-state index in [1.807, 2.05) is 0 Å². The predicted molar refractivity (Wildman–Crippen MR) is 239 cm³/mol. The van der Waals surface area contributed by atoms with Gasteiger partial charge in [-0.1, -0.05) is 127 Å². The van der Waals surface area contributed by atoms with E-state index in [0.29, 0.717) is 5.92 Å². The first-order valence-electron chi connectivity index (χ1n) is 19.8. The van der Waals surface area contributed by atoms with Gasteiger partial charge in [0.15, 0.2) is 0 Å². The zero-order chi connectivity index (χ0) is 37.5. The minimum absolute atomic E-state index is 0.202. The molecule has 1 aliphatic heterocycles. The molecule has 0 bridgehead atoms. The van der Waals surface area contributed by atoms with E-state index in [4.69, 9.17) is 0 Å². The van der Waals surface area contributed by atoms with Crippen LogP contribution >= 0.6 is 0 Å². The predicted octanol–water partition coefficient (Wildman–Crippen LogP) is 13.9. The van der Waals surface area contributed by atoms with Crippen LogP contribution in [0.1, 0.15) is 11.5 Å². The molecule has 57 heavy (non-hydrogen) atoms. The average molecular weight is 728 g/mol. The maximum Gasteiger partial charge on any atom is 0.0629 e. The van der Waals surface area contributed by atoms with Gasteiger partial charge in [0.1, 0.15) is 0 Å². The maximum absolute atomic E-state index is 2.56. The fraction of sp³-hybridized carbons (Fsp3) is 0.0370. The molecule has 1 aliphatic carbocycles. The van der Waals surface area contributed by atoms with Crippen LogP contribution in [0.4, 0.5) is 11.4 Å². The van der Waals surface area contributed by atoms with Crippen molar-refractivity contribution in [2.75, 3.05) is 4.90 Å². The van der Waals surface area contributed by atoms with E-state index in [1.165, 1.54) is 94.2 Å². The lowest BCUT2D eigenvalue weighted by molar-refractivity contribution is 0.745. The number of anilines is 2. The molecule has 268 valence electrons. The van der Waals surface area contributed by atoms with Gasteiger partial charge in [0.05, 0.1) is 28.1 Å². The number of benzene rings is 8. The second-order valence-corrected chi connectivity index (χ2v) is 15.3. The molecular formula is C54H37N3. The van der Waals surface area contributed by atoms with Crippen molar-refractivity contribution in [3.05, 3.63) is 218 Å². The zero-order valence-corrected chi connectivity index (χ0v) is 31.2. The average Bonchev–Trinajstić information content (AvgIpc) is 3.92. The molecule has 0 fully saturated rings. The van der Waals surface area contributed by atoms with Crippen molar-refractivity contribution in [1.82, 2.24) is 9.13 Å². The lowest BCUT2D eigenvalue weighted by Crippen LogP contribution is -2.28. The van der Waals surface area contributed by atoms with Gasteiger partial charge < -0.3 is 14.0 Å². The Hall–Kier alpha value is -7.36. The van der Waals surface area contributed by atoms with Crippen molar-refractivity contribution in [3.63, 3.8) is 0 Å². The lowest BCUT2D eigenvalue weighted by Gasteiger charge is -2.29. The summed E-state index contributed by atoms with van der Waals surface area (Å²) in [6.07, 6.45) is 9.14. The summed E-state index contributed by atoms with van der Waals surface area (Å²) >= 11 is 0. The minimum Gasteiger partial charge on any atom is -0.333 e. The first-order chi connectivity index (χ1) is 28.3. The van der Waals surface area contributed by atoms with Crippen LogP contribution in [-0.4, -0.2) is 15.2 Å². The highest BCUT2D eigenvalue weighted by atomic mass is 15.2. The Kier molecular flexibility index (Phi) is 7.05. The summed E-state index contributed by atoms with van der Waals surface area (Å²) in [7, 11) is 0. The molecule has 0 N–H and O–H groups in total. The van der Waals surface area contributed by atoms with Gasteiger partial charge >= 0.3 is 0 Å². The largest absolute Gasteiger partial charge is 0.333 e. The third-order valence-electron chi connectivity index (χ3n) is 12.2. The van der Waals surface area contributed by atoms with Gasteiger partial charge in [-0.3, -0.25) is 0 Å². The molecule has 2 atom stereocenters. The van der Waals surface area contributed by atoms with Gasteiger partial charge in [0.25, 0.3) is 0 Å². The minimum atomic E-state index is 0.202. The monoisotopic (exact) mass is 727 g/mol. The molecule has 2 aliphatic rings. The summed E-state index contributed by atoms with van der Waals surface area (Å²) in [6.45, 7) is 0. The Morgan fingerprint density at radius 3 is 1.42 bits per heavy atom. The van der Waals surface area contributed by atoms with Crippen molar-refractivity contribution in [2.24, 2.45) is 0 Å². The molecule has 0 saturated carbocycles. The quantitative estimate of drug-likeness (QED) is 0.172. The fourth-order valence-corrected chi connectivity index (χ4v) is 9.69. The standard InChI is InChI=1S/C54H37N3/c1-3-15-40(16-4-1)55-51-25-13-9-21-45(51)47-34-36(27-29-53(47)55)38-31-39(33-42(32-38)57-49-23-11-7-19-43(49)44-20-8-12-24-50(44)57)37-28-30-54-48(35-37)46-22-10-14-26-52(46)56(54)41-17-5-2-6-18-41/h1-35,43,49H. The molecule has 3 heteroatoms. The van der Waals surface area contributed by atoms with Gasteiger partial charge in [-0.25, -0.2) is 0 Å². The Morgan fingerprint density at radius 1 is 0.333 bits per heavy atom. The van der Waals surface area contributed by atoms with E-state index in [9.17, 15) is 0 Å². The van der Waals surface area contributed by atoms with E-state index in [-0.39, 0.29) is 6.04 Å². The van der Waals surface area contributed by atoms with E-state index in [1.54, 1.807) is 0 Å². The van der Waals surface area contributed by atoms with Gasteiger partial charge in [0, 0.05) is 50.2 Å². The first-order valence-corrected chi connectivity index (χ1v) is 19.8. The number of rotatable bonds is 5. The number of nitrogens with zero attached hydrogens (tertiary/aromatic N) is 3. The maximum atomic E-state index is 2.56. The van der Waals surface area contributed by atoms with Gasteiger partial charge in [-0.15, -0.1) is 0 Å². The highest BCUT2D eigenvalue weighted by Gasteiger charge is 2.37. The summed E-state index contributed by atoms with van der Waals surface area (Å²) in [5.41, 5.74) is 15.8. The van der Waals surface area contributed by atoms with Crippen LogP contribution in [0.3, 0.4) is 0 Å². The summed E-state index contributed by atoms with van der Waals surface area (Å²) in [6, 6.07) is 69.4. The number of aromatic nitrogens is 2. The van der Waals surface area contributed by atoms with Crippen molar-refractivity contribution in [2.45, 2.75) is 12.0 Å². The smallest absolute Gasteiger partial charge is 0.0629 e. The summed E-state index contributed by atoms with van der Waals surface area (Å²) < 4.78 is 4.78. The molecule has 12 rings (SSSR count). The van der Waals surface area contributed by atoms with Crippen LogP contribution < -0.4 is 4.90 Å². The topological polar surface area (TPSA) is 13.1 Å². The molecular weight excluding hydrogens is 691 g/mol.